The second-order valence-corrected chi connectivity index (χ2v) is 5.12. The molecule has 0 amide bonds. The predicted octanol–water partition coefficient (Wildman–Crippen LogP) is 3.21. The van der Waals surface area contributed by atoms with E-state index < -0.39 is 0 Å². The molecule has 2 aromatic rings. The van der Waals surface area contributed by atoms with E-state index >= 15 is 0 Å². The molecule has 0 aliphatic carbocycles. The summed E-state index contributed by atoms with van der Waals surface area (Å²) in [5.41, 5.74) is 2.22. The minimum absolute atomic E-state index is 0.558. The molecule has 3 nitrogen and oxygen atoms in total. The molecule has 1 heterocycles. The van der Waals surface area contributed by atoms with Crippen molar-refractivity contribution in [3.8, 4) is 6.07 Å². The Morgan fingerprint density at radius 3 is 3.00 bits per heavy atom. The van der Waals surface area contributed by atoms with Crippen molar-refractivity contribution in [2.75, 3.05) is 0 Å². The Balaban J connectivity index is 2.33. The minimum Gasteiger partial charge on any atom is -0.192 e. The first-order valence-corrected chi connectivity index (χ1v) is 6.00. The highest BCUT2D eigenvalue weighted by atomic mass is 35.5. The highest BCUT2D eigenvalue weighted by Gasteiger charge is 2.06. The summed E-state index contributed by atoms with van der Waals surface area (Å²) < 4.78 is 0.814. The van der Waals surface area contributed by atoms with Crippen LogP contribution in [-0.2, 0) is 0 Å². The lowest BCUT2D eigenvalue weighted by Gasteiger charge is -2.00. The normalized spacial score (nSPS) is 9.87. The van der Waals surface area contributed by atoms with Crippen molar-refractivity contribution in [1.82, 2.24) is 10.2 Å². The Hall–Kier alpha value is -1.09. The van der Waals surface area contributed by atoms with E-state index in [4.69, 9.17) is 16.9 Å². The van der Waals surface area contributed by atoms with Gasteiger partial charge in [-0.05, 0) is 18.2 Å². The summed E-state index contributed by atoms with van der Waals surface area (Å²) in [6.45, 7) is 0. The van der Waals surface area contributed by atoms with E-state index in [-0.39, 0.29) is 0 Å². The van der Waals surface area contributed by atoms with E-state index in [1.165, 1.54) is 23.1 Å². The van der Waals surface area contributed by atoms with Crippen LogP contribution in [0.1, 0.15) is 5.56 Å². The van der Waals surface area contributed by atoms with Crippen LogP contribution in [-0.4, -0.2) is 10.2 Å². The summed E-state index contributed by atoms with van der Waals surface area (Å²) in [5, 5.41) is 17.1. The topological polar surface area (TPSA) is 49.6 Å². The third kappa shape index (κ3) is 2.48. The lowest BCUT2D eigenvalue weighted by molar-refractivity contribution is 1.01. The molecule has 15 heavy (non-hydrogen) atoms. The zero-order valence-corrected chi connectivity index (χ0v) is 9.73. The van der Waals surface area contributed by atoms with E-state index in [0.29, 0.717) is 10.6 Å². The second-order valence-electron chi connectivity index (χ2n) is 2.56. The lowest BCUT2D eigenvalue weighted by Crippen LogP contribution is -1.81. The molecule has 0 unspecified atom stereocenters. The molecule has 0 saturated heterocycles. The molecule has 0 saturated carbocycles. The average molecular weight is 254 g/mol. The fraction of sp³-hybridized carbons (Fsp3) is 0. The van der Waals surface area contributed by atoms with Crippen LogP contribution in [0.2, 0.25) is 5.02 Å². The standard InChI is InChI=1S/C9H4ClN3S2/c10-7-1-2-8(6(3-7)4-11)15-9-13-12-5-14-9/h1-3,5H. The molecule has 2 rings (SSSR count). The maximum Gasteiger partial charge on any atom is 0.178 e. The number of halogens is 1. The van der Waals surface area contributed by atoms with E-state index in [9.17, 15) is 0 Å². The maximum absolute atomic E-state index is 8.92. The first-order valence-electron chi connectivity index (χ1n) is 3.93. The number of hydrogen-bond acceptors (Lipinski definition) is 5. The number of aromatic nitrogens is 2. The Labute approximate surface area is 99.7 Å². The van der Waals surface area contributed by atoms with Crippen LogP contribution < -0.4 is 0 Å². The van der Waals surface area contributed by atoms with Crippen molar-refractivity contribution in [2.45, 2.75) is 9.24 Å². The Morgan fingerprint density at radius 1 is 1.47 bits per heavy atom. The molecule has 0 radical (unpaired) electrons. The van der Waals surface area contributed by atoms with Crippen LogP contribution in [0.3, 0.4) is 0 Å². The van der Waals surface area contributed by atoms with Gasteiger partial charge in [0.05, 0.1) is 5.56 Å². The molecule has 0 atom stereocenters. The van der Waals surface area contributed by atoms with Crippen molar-refractivity contribution in [2.24, 2.45) is 0 Å². The first kappa shape index (κ1) is 10.4. The van der Waals surface area contributed by atoms with Crippen LogP contribution in [0.15, 0.2) is 32.9 Å². The van der Waals surface area contributed by atoms with Crippen LogP contribution in [0.5, 0.6) is 0 Å². The summed E-state index contributed by atoms with van der Waals surface area (Å²) in [7, 11) is 0. The van der Waals surface area contributed by atoms with Gasteiger partial charge in [-0.15, -0.1) is 10.2 Å². The van der Waals surface area contributed by atoms with Crippen molar-refractivity contribution in [3.05, 3.63) is 34.3 Å². The fourth-order valence-corrected chi connectivity index (χ4v) is 2.65. The predicted molar refractivity (Wildman–Crippen MR) is 60.2 cm³/mol. The summed E-state index contributed by atoms with van der Waals surface area (Å²) in [6, 6.07) is 7.31. The van der Waals surface area contributed by atoms with Crippen molar-refractivity contribution >= 4 is 34.7 Å². The van der Waals surface area contributed by atoms with Crippen molar-refractivity contribution in [1.29, 1.82) is 5.26 Å². The molecule has 74 valence electrons. The first-order chi connectivity index (χ1) is 7.29. The quantitative estimate of drug-likeness (QED) is 0.825. The van der Waals surface area contributed by atoms with Gasteiger partial charge in [0.15, 0.2) is 4.34 Å². The molecule has 0 N–H and O–H groups in total. The number of hydrogen-bond donors (Lipinski definition) is 0. The smallest absolute Gasteiger partial charge is 0.178 e. The lowest BCUT2D eigenvalue weighted by atomic mass is 10.2. The number of nitriles is 1. The van der Waals surface area contributed by atoms with Gasteiger partial charge in [-0.25, -0.2) is 0 Å². The molecular formula is C9H4ClN3S2. The van der Waals surface area contributed by atoms with Crippen LogP contribution in [0.25, 0.3) is 0 Å². The highest BCUT2D eigenvalue weighted by Crippen LogP contribution is 2.32. The summed E-state index contributed by atoms with van der Waals surface area (Å²) in [4.78, 5) is 0.846. The van der Waals surface area contributed by atoms with Gasteiger partial charge >= 0.3 is 0 Å². The highest BCUT2D eigenvalue weighted by molar-refractivity contribution is 8.01. The number of nitrogens with zero attached hydrogens (tertiary/aromatic N) is 3. The largest absolute Gasteiger partial charge is 0.192 e. The molecule has 1 aromatic heterocycles. The van der Waals surface area contributed by atoms with Gasteiger partial charge in [0.1, 0.15) is 11.6 Å². The Morgan fingerprint density at radius 2 is 2.33 bits per heavy atom. The van der Waals surface area contributed by atoms with Gasteiger partial charge in [-0.2, -0.15) is 5.26 Å². The van der Waals surface area contributed by atoms with Crippen LogP contribution >= 0.6 is 34.7 Å². The monoisotopic (exact) mass is 253 g/mol. The third-order valence-corrected chi connectivity index (χ3v) is 3.69. The maximum atomic E-state index is 8.92. The summed E-state index contributed by atoms with van der Waals surface area (Å²) in [5.74, 6) is 0. The summed E-state index contributed by atoms with van der Waals surface area (Å²) >= 11 is 8.65. The third-order valence-electron chi connectivity index (χ3n) is 1.60. The zero-order valence-electron chi connectivity index (χ0n) is 7.35. The van der Waals surface area contributed by atoms with Gasteiger partial charge < -0.3 is 0 Å². The molecular weight excluding hydrogens is 250 g/mol. The zero-order chi connectivity index (χ0) is 10.7. The molecule has 0 aliphatic heterocycles. The average Bonchev–Trinajstić information content (AvgIpc) is 2.73. The van der Waals surface area contributed by atoms with Crippen molar-refractivity contribution in [3.63, 3.8) is 0 Å². The second kappa shape index (κ2) is 4.62. The molecule has 0 bridgehead atoms. The summed E-state index contributed by atoms with van der Waals surface area (Å²) in [6.07, 6.45) is 0. The van der Waals surface area contributed by atoms with E-state index in [0.717, 1.165) is 9.24 Å². The van der Waals surface area contributed by atoms with Gasteiger partial charge in [-0.3, -0.25) is 0 Å². The van der Waals surface area contributed by atoms with Gasteiger partial charge in [0, 0.05) is 9.92 Å². The van der Waals surface area contributed by atoms with Crippen LogP contribution in [0.4, 0.5) is 0 Å². The van der Waals surface area contributed by atoms with Gasteiger partial charge in [0.2, 0.25) is 0 Å². The fourth-order valence-electron chi connectivity index (χ4n) is 0.980. The van der Waals surface area contributed by atoms with Crippen molar-refractivity contribution < 1.29 is 0 Å². The Bertz CT molecular complexity index is 505. The molecule has 0 aliphatic rings. The Kier molecular flexibility index (Phi) is 3.21. The molecule has 0 fully saturated rings. The number of rotatable bonds is 2. The number of benzene rings is 1. The van der Waals surface area contributed by atoms with Gasteiger partial charge in [-0.1, -0.05) is 34.7 Å². The van der Waals surface area contributed by atoms with E-state index in [1.54, 1.807) is 17.6 Å². The van der Waals surface area contributed by atoms with Gasteiger partial charge in [0.25, 0.3) is 0 Å². The van der Waals surface area contributed by atoms with E-state index in [1.807, 2.05) is 6.07 Å². The molecule has 6 heteroatoms. The van der Waals surface area contributed by atoms with Crippen LogP contribution in [0, 0.1) is 11.3 Å². The minimum atomic E-state index is 0.558. The van der Waals surface area contributed by atoms with E-state index in [2.05, 4.69) is 16.3 Å². The molecule has 0 spiro atoms. The SMILES string of the molecule is N#Cc1cc(Cl)ccc1Sc1nncs1. The molecule has 1 aromatic carbocycles.